The molecule has 0 aliphatic rings. The lowest BCUT2D eigenvalue weighted by atomic mass is 10.4. The molecule has 0 atom stereocenters. The van der Waals surface area contributed by atoms with Gasteiger partial charge in [-0.15, -0.1) is 0 Å². The third-order valence-corrected chi connectivity index (χ3v) is 1.25. The lowest BCUT2D eigenvalue weighted by Gasteiger charge is -1.93. The molecular weight excluding hydrogens is 169 g/mol. The highest BCUT2D eigenvalue weighted by atomic mass is 35.5. The Morgan fingerprint density at radius 1 is 1.73 bits per heavy atom. The maximum atomic E-state index is 12.4. The first-order valence-corrected chi connectivity index (χ1v) is 3.15. The quantitative estimate of drug-likeness (QED) is 0.599. The molecule has 0 bridgehead atoms. The predicted octanol–water partition coefficient (Wildman–Crippen LogP) is 1.34. The van der Waals surface area contributed by atoms with Crippen LogP contribution in [0.4, 0.5) is 4.39 Å². The van der Waals surface area contributed by atoms with E-state index in [0.29, 0.717) is 0 Å². The molecule has 0 N–H and O–H groups in total. The standard InChI is InChI=1S/C6H3ClFN3/c7-6-4(8)3-10-5(11-6)1-2-9/h3H,1H2. The Kier molecular flexibility index (Phi) is 2.34. The van der Waals surface area contributed by atoms with Crippen molar-refractivity contribution >= 4 is 11.6 Å². The average Bonchev–Trinajstić information content (AvgIpc) is 1.98. The van der Waals surface area contributed by atoms with Crippen molar-refractivity contribution in [3.63, 3.8) is 0 Å². The van der Waals surface area contributed by atoms with Gasteiger partial charge >= 0.3 is 0 Å². The zero-order chi connectivity index (χ0) is 8.27. The number of hydrogen-bond donors (Lipinski definition) is 0. The van der Waals surface area contributed by atoms with Gasteiger partial charge in [0.2, 0.25) is 0 Å². The molecule has 11 heavy (non-hydrogen) atoms. The smallest absolute Gasteiger partial charge is 0.178 e. The first-order valence-electron chi connectivity index (χ1n) is 2.78. The lowest BCUT2D eigenvalue weighted by molar-refractivity contribution is 0.610. The van der Waals surface area contributed by atoms with E-state index in [-0.39, 0.29) is 17.4 Å². The van der Waals surface area contributed by atoms with Crippen LogP contribution in [0.2, 0.25) is 5.15 Å². The van der Waals surface area contributed by atoms with Crippen molar-refractivity contribution in [3.05, 3.63) is 23.0 Å². The summed E-state index contributed by atoms with van der Waals surface area (Å²) < 4.78 is 12.4. The van der Waals surface area contributed by atoms with Crippen molar-refractivity contribution in [1.82, 2.24) is 9.97 Å². The van der Waals surface area contributed by atoms with Gasteiger partial charge in [-0.1, -0.05) is 11.6 Å². The van der Waals surface area contributed by atoms with Crippen LogP contribution in [0.1, 0.15) is 5.82 Å². The summed E-state index contributed by atoms with van der Waals surface area (Å²) in [6.45, 7) is 0. The van der Waals surface area contributed by atoms with E-state index in [4.69, 9.17) is 16.9 Å². The van der Waals surface area contributed by atoms with Crippen LogP contribution in [0, 0.1) is 17.1 Å². The van der Waals surface area contributed by atoms with Gasteiger partial charge in [-0.05, 0) is 0 Å². The van der Waals surface area contributed by atoms with Gasteiger partial charge < -0.3 is 0 Å². The summed E-state index contributed by atoms with van der Waals surface area (Å²) >= 11 is 5.31. The van der Waals surface area contributed by atoms with E-state index < -0.39 is 5.82 Å². The predicted molar refractivity (Wildman–Crippen MR) is 36.3 cm³/mol. The number of aromatic nitrogens is 2. The maximum Gasteiger partial charge on any atom is 0.178 e. The van der Waals surface area contributed by atoms with Crippen molar-refractivity contribution < 1.29 is 4.39 Å². The molecule has 0 unspecified atom stereocenters. The molecule has 1 aromatic heterocycles. The second-order valence-corrected chi connectivity index (χ2v) is 2.12. The first kappa shape index (κ1) is 7.89. The van der Waals surface area contributed by atoms with Crippen LogP contribution in [-0.4, -0.2) is 9.97 Å². The number of hydrogen-bond acceptors (Lipinski definition) is 3. The largest absolute Gasteiger partial charge is 0.237 e. The molecule has 3 nitrogen and oxygen atoms in total. The van der Waals surface area contributed by atoms with Crippen LogP contribution in [0.25, 0.3) is 0 Å². The molecule has 1 rings (SSSR count). The number of rotatable bonds is 1. The van der Waals surface area contributed by atoms with Crippen molar-refractivity contribution in [2.75, 3.05) is 0 Å². The minimum atomic E-state index is -0.673. The highest BCUT2D eigenvalue weighted by molar-refractivity contribution is 6.29. The summed E-state index contributed by atoms with van der Waals surface area (Å²) in [6, 6.07) is 1.82. The van der Waals surface area contributed by atoms with E-state index in [1.807, 2.05) is 6.07 Å². The first-order chi connectivity index (χ1) is 5.24. The van der Waals surface area contributed by atoms with Gasteiger partial charge in [-0.2, -0.15) is 5.26 Å². The molecule has 1 heterocycles. The summed E-state index contributed by atoms with van der Waals surface area (Å²) in [4.78, 5) is 7.06. The van der Waals surface area contributed by atoms with Crippen LogP contribution in [0.3, 0.4) is 0 Å². The lowest BCUT2D eigenvalue weighted by Crippen LogP contribution is -1.95. The van der Waals surface area contributed by atoms with E-state index in [2.05, 4.69) is 9.97 Å². The van der Waals surface area contributed by atoms with Crippen molar-refractivity contribution in [2.24, 2.45) is 0 Å². The van der Waals surface area contributed by atoms with Crippen LogP contribution in [0.5, 0.6) is 0 Å². The number of halogens is 2. The summed E-state index contributed by atoms with van der Waals surface area (Å²) in [6.07, 6.45) is 0.988. The Morgan fingerprint density at radius 3 is 3.00 bits per heavy atom. The number of nitriles is 1. The summed E-state index contributed by atoms with van der Waals surface area (Å²) in [5.41, 5.74) is 0. The highest BCUT2D eigenvalue weighted by Gasteiger charge is 2.02. The minimum absolute atomic E-state index is 0.0417. The van der Waals surface area contributed by atoms with Gasteiger partial charge in [0.05, 0.1) is 18.7 Å². The second kappa shape index (κ2) is 3.26. The molecule has 56 valence electrons. The molecule has 0 spiro atoms. The van der Waals surface area contributed by atoms with Crippen molar-refractivity contribution in [3.8, 4) is 6.07 Å². The van der Waals surface area contributed by atoms with E-state index in [1.54, 1.807) is 0 Å². The fourth-order valence-corrected chi connectivity index (χ4v) is 0.682. The molecule has 5 heteroatoms. The Balaban J connectivity index is 2.98. The Hall–Kier alpha value is -1.21. The molecule has 0 aromatic carbocycles. The molecule has 0 saturated carbocycles. The summed E-state index contributed by atoms with van der Waals surface area (Å²) in [5, 5.41) is 7.97. The van der Waals surface area contributed by atoms with Gasteiger partial charge in [-0.3, -0.25) is 0 Å². The normalized spacial score (nSPS) is 9.18. The number of nitrogens with zero attached hydrogens (tertiary/aromatic N) is 3. The SMILES string of the molecule is N#CCc1ncc(F)c(Cl)n1. The van der Waals surface area contributed by atoms with Gasteiger partial charge in [0.1, 0.15) is 5.82 Å². The maximum absolute atomic E-state index is 12.4. The van der Waals surface area contributed by atoms with Gasteiger partial charge in [-0.25, -0.2) is 14.4 Å². The zero-order valence-corrected chi connectivity index (χ0v) is 6.14. The van der Waals surface area contributed by atoms with Gasteiger partial charge in [0, 0.05) is 0 Å². The third-order valence-electron chi connectivity index (χ3n) is 0.988. The topological polar surface area (TPSA) is 49.6 Å². The van der Waals surface area contributed by atoms with Gasteiger partial charge in [0.25, 0.3) is 0 Å². The fraction of sp³-hybridized carbons (Fsp3) is 0.167. The van der Waals surface area contributed by atoms with Crippen molar-refractivity contribution in [2.45, 2.75) is 6.42 Å². The highest BCUT2D eigenvalue weighted by Crippen LogP contribution is 2.08. The molecule has 1 aromatic rings. The summed E-state index contributed by atoms with van der Waals surface area (Å²) in [7, 11) is 0. The van der Waals surface area contributed by atoms with Crippen LogP contribution in [0.15, 0.2) is 6.20 Å². The second-order valence-electron chi connectivity index (χ2n) is 1.76. The molecule has 0 amide bonds. The van der Waals surface area contributed by atoms with E-state index in [1.165, 1.54) is 0 Å². The van der Waals surface area contributed by atoms with E-state index >= 15 is 0 Å². The molecule has 0 aliphatic carbocycles. The van der Waals surface area contributed by atoms with Crippen LogP contribution >= 0.6 is 11.6 Å². The molecule has 0 fully saturated rings. The van der Waals surface area contributed by atoms with E-state index in [9.17, 15) is 4.39 Å². The molecular formula is C6H3ClFN3. The monoisotopic (exact) mass is 171 g/mol. The summed E-state index contributed by atoms with van der Waals surface area (Å²) in [5.74, 6) is -0.438. The fourth-order valence-electron chi connectivity index (χ4n) is 0.536. The Morgan fingerprint density at radius 2 is 2.45 bits per heavy atom. The zero-order valence-electron chi connectivity index (χ0n) is 5.38. The molecule has 0 radical (unpaired) electrons. The van der Waals surface area contributed by atoms with Crippen LogP contribution in [-0.2, 0) is 6.42 Å². The van der Waals surface area contributed by atoms with Gasteiger partial charge in [0.15, 0.2) is 11.0 Å². The van der Waals surface area contributed by atoms with Crippen LogP contribution < -0.4 is 0 Å². The Labute approximate surface area is 67.5 Å². The molecule has 0 aliphatic heterocycles. The average molecular weight is 172 g/mol. The minimum Gasteiger partial charge on any atom is -0.237 e. The van der Waals surface area contributed by atoms with Crippen molar-refractivity contribution in [1.29, 1.82) is 5.26 Å². The van der Waals surface area contributed by atoms with E-state index in [0.717, 1.165) is 6.20 Å². The third kappa shape index (κ3) is 1.85. The molecule has 0 saturated heterocycles. The Bertz CT molecular complexity index is 307.